The van der Waals surface area contributed by atoms with Crippen LogP contribution in [0.2, 0.25) is 0 Å². The summed E-state index contributed by atoms with van der Waals surface area (Å²) in [4.78, 5) is 15.7. The van der Waals surface area contributed by atoms with Crippen LogP contribution in [0.3, 0.4) is 0 Å². The van der Waals surface area contributed by atoms with E-state index in [9.17, 15) is 4.79 Å². The smallest absolute Gasteiger partial charge is 0.246 e. The number of carbonyl (C=O) groups is 1. The largest absolute Gasteiger partial charge is 0.367 e. The van der Waals surface area contributed by atoms with Crippen LogP contribution in [0.25, 0.3) is 10.8 Å². The maximum atomic E-state index is 11.9. The van der Waals surface area contributed by atoms with Gasteiger partial charge in [-0.3, -0.25) is 4.79 Å². The fourth-order valence-corrected chi connectivity index (χ4v) is 2.00. The number of anilines is 2. The van der Waals surface area contributed by atoms with Crippen molar-refractivity contribution in [2.24, 2.45) is 0 Å². The predicted octanol–water partition coefficient (Wildman–Crippen LogP) is 1.65. The third-order valence-electron chi connectivity index (χ3n) is 2.89. The maximum absolute atomic E-state index is 11.9. The summed E-state index contributed by atoms with van der Waals surface area (Å²) in [6.45, 7) is 0.0804. The Morgan fingerprint density at radius 3 is 2.75 bits per heavy atom. The van der Waals surface area contributed by atoms with E-state index in [2.05, 4.69) is 15.4 Å². The van der Waals surface area contributed by atoms with Gasteiger partial charge < -0.3 is 11.1 Å². The average molecular weight is 267 g/mol. The quantitative estimate of drug-likeness (QED) is 0.755. The number of benzene rings is 2. The van der Waals surface area contributed by atoms with Crippen LogP contribution in [0.5, 0.6) is 0 Å². The topological polar surface area (TPSA) is 85.8 Å². The van der Waals surface area contributed by atoms with Crippen molar-refractivity contribution < 1.29 is 4.79 Å². The van der Waals surface area contributed by atoms with Gasteiger partial charge >= 0.3 is 0 Å². The van der Waals surface area contributed by atoms with Crippen LogP contribution in [0.15, 0.2) is 48.8 Å². The van der Waals surface area contributed by atoms with Crippen molar-refractivity contribution in [1.29, 1.82) is 0 Å². The van der Waals surface area contributed by atoms with Crippen LogP contribution in [0.1, 0.15) is 0 Å². The van der Waals surface area contributed by atoms with Crippen LogP contribution in [0.4, 0.5) is 11.6 Å². The lowest BCUT2D eigenvalue weighted by atomic mass is 10.1. The number of carbonyl (C=O) groups excluding carboxylic acids is 1. The molecule has 0 radical (unpaired) electrons. The Morgan fingerprint density at radius 2 is 2.00 bits per heavy atom. The molecule has 100 valence electrons. The molecule has 0 saturated heterocycles. The lowest BCUT2D eigenvalue weighted by Gasteiger charge is -2.06. The van der Waals surface area contributed by atoms with E-state index in [0.29, 0.717) is 0 Å². The molecule has 0 atom stereocenters. The summed E-state index contributed by atoms with van der Waals surface area (Å²) in [6, 6.07) is 13.8. The van der Waals surface area contributed by atoms with Crippen LogP contribution < -0.4 is 11.1 Å². The van der Waals surface area contributed by atoms with E-state index in [1.54, 1.807) is 0 Å². The number of nitrogens with one attached hydrogen (secondary N) is 1. The van der Waals surface area contributed by atoms with Crippen molar-refractivity contribution in [2.45, 2.75) is 6.54 Å². The number of nitrogens with zero attached hydrogens (tertiary/aromatic N) is 3. The fraction of sp³-hybridized carbons (Fsp3) is 0.0714. The first-order valence-corrected chi connectivity index (χ1v) is 6.14. The van der Waals surface area contributed by atoms with Crippen LogP contribution >= 0.6 is 0 Å². The van der Waals surface area contributed by atoms with Gasteiger partial charge in [-0.25, -0.2) is 9.67 Å². The number of fused-ring (bicyclic) bond motifs is 1. The van der Waals surface area contributed by atoms with Gasteiger partial charge in [-0.1, -0.05) is 30.3 Å². The van der Waals surface area contributed by atoms with Crippen molar-refractivity contribution in [3.05, 3.63) is 48.8 Å². The predicted molar refractivity (Wildman–Crippen MR) is 77.0 cm³/mol. The summed E-state index contributed by atoms with van der Waals surface area (Å²) in [7, 11) is 0. The molecule has 0 unspecified atom stereocenters. The molecule has 2 aromatic carbocycles. The van der Waals surface area contributed by atoms with Gasteiger partial charge in [0.1, 0.15) is 12.9 Å². The summed E-state index contributed by atoms with van der Waals surface area (Å²) >= 11 is 0. The second kappa shape index (κ2) is 5.00. The molecule has 0 bridgehead atoms. The standard InChI is InChI=1S/C14H13N5O/c15-14-16-9-19(18-14)8-13(20)17-12-6-5-10-3-1-2-4-11(10)7-12/h1-7,9H,8H2,(H2,15,18)(H,17,20). The van der Waals surface area contributed by atoms with Gasteiger partial charge in [-0.15, -0.1) is 5.10 Å². The zero-order chi connectivity index (χ0) is 13.9. The molecule has 0 aliphatic carbocycles. The average Bonchev–Trinajstić information content (AvgIpc) is 2.83. The van der Waals surface area contributed by atoms with Crippen molar-refractivity contribution in [2.75, 3.05) is 11.1 Å². The molecule has 3 rings (SSSR count). The molecule has 0 aliphatic rings. The Bertz CT molecular complexity index is 765. The molecule has 6 nitrogen and oxygen atoms in total. The molecule has 0 aliphatic heterocycles. The third kappa shape index (κ3) is 2.59. The second-order valence-corrected chi connectivity index (χ2v) is 4.41. The second-order valence-electron chi connectivity index (χ2n) is 4.41. The normalized spacial score (nSPS) is 10.6. The van der Waals surface area contributed by atoms with Gasteiger partial charge in [0.25, 0.3) is 0 Å². The van der Waals surface area contributed by atoms with Crippen molar-refractivity contribution in [1.82, 2.24) is 14.8 Å². The van der Waals surface area contributed by atoms with Crippen molar-refractivity contribution in [3.8, 4) is 0 Å². The lowest BCUT2D eigenvalue weighted by molar-refractivity contribution is -0.116. The van der Waals surface area contributed by atoms with Gasteiger partial charge in [0, 0.05) is 5.69 Å². The number of aromatic nitrogens is 3. The van der Waals surface area contributed by atoms with Gasteiger partial charge in [0.15, 0.2) is 0 Å². The molecule has 0 saturated carbocycles. The molecule has 0 fully saturated rings. The number of hydrogen-bond donors (Lipinski definition) is 2. The monoisotopic (exact) mass is 267 g/mol. The summed E-state index contributed by atoms with van der Waals surface area (Å²) in [5, 5.41) is 8.90. The number of rotatable bonds is 3. The highest BCUT2D eigenvalue weighted by molar-refractivity contribution is 5.94. The Kier molecular flexibility index (Phi) is 3.04. The highest BCUT2D eigenvalue weighted by atomic mass is 16.2. The lowest BCUT2D eigenvalue weighted by Crippen LogP contribution is -2.19. The Morgan fingerprint density at radius 1 is 1.20 bits per heavy atom. The summed E-state index contributed by atoms with van der Waals surface area (Å²) < 4.78 is 1.39. The van der Waals surface area contributed by atoms with Crippen LogP contribution in [-0.4, -0.2) is 20.7 Å². The van der Waals surface area contributed by atoms with E-state index in [0.717, 1.165) is 16.5 Å². The van der Waals surface area contributed by atoms with E-state index in [4.69, 9.17) is 5.73 Å². The first-order chi connectivity index (χ1) is 9.70. The first kappa shape index (κ1) is 12.2. The first-order valence-electron chi connectivity index (χ1n) is 6.14. The molecule has 20 heavy (non-hydrogen) atoms. The molecule has 3 aromatic rings. The van der Waals surface area contributed by atoms with E-state index in [1.165, 1.54) is 11.0 Å². The maximum Gasteiger partial charge on any atom is 0.246 e. The summed E-state index contributed by atoms with van der Waals surface area (Å²) in [6.07, 6.45) is 1.43. The van der Waals surface area contributed by atoms with Gasteiger partial charge in [-0.05, 0) is 22.9 Å². The molecule has 1 aromatic heterocycles. The molecule has 0 spiro atoms. The zero-order valence-corrected chi connectivity index (χ0v) is 10.7. The Labute approximate surface area is 115 Å². The number of nitrogen functional groups attached to an aromatic ring is 1. The van der Waals surface area contributed by atoms with E-state index >= 15 is 0 Å². The van der Waals surface area contributed by atoms with E-state index in [1.807, 2.05) is 42.5 Å². The molecule has 6 heteroatoms. The SMILES string of the molecule is Nc1ncn(CC(=O)Nc2ccc3ccccc3c2)n1. The van der Waals surface area contributed by atoms with E-state index in [-0.39, 0.29) is 18.4 Å². The minimum absolute atomic E-state index is 0.0804. The van der Waals surface area contributed by atoms with Crippen LogP contribution in [0, 0.1) is 0 Å². The van der Waals surface area contributed by atoms with Crippen LogP contribution in [-0.2, 0) is 11.3 Å². The van der Waals surface area contributed by atoms with Gasteiger partial charge in [0.2, 0.25) is 11.9 Å². The molecular weight excluding hydrogens is 254 g/mol. The Balaban J connectivity index is 1.73. The highest BCUT2D eigenvalue weighted by Gasteiger charge is 2.05. The van der Waals surface area contributed by atoms with Gasteiger partial charge in [0.05, 0.1) is 0 Å². The molecule has 1 heterocycles. The van der Waals surface area contributed by atoms with Gasteiger partial charge in [-0.2, -0.15) is 0 Å². The van der Waals surface area contributed by atoms with Crippen molar-refractivity contribution in [3.63, 3.8) is 0 Å². The molecule has 1 amide bonds. The number of hydrogen-bond acceptors (Lipinski definition) is 4. The molecule has 3 N–H and O–H groups in total. The number of amides is 1. The Hall–Kier alpha value is -2.89. The fourth-order valence-electron chi connectivity index (χ4n) is 2.00. The highest BCUT2D eigenvalue weighted by Crippen LogP contribution is 2.18. The zero-order valence-electron chi connectivity index (χ0n) is 10.7. The third-order valence-corrected chi connectivity index (χ3v) is 2.89. The minimum atomic E-state index is -0.176. The summed E-state index contributed by atoms with van der Waals surface area (Å²) in [5.41, 5.74) is 6.15. The number of nitrogens with two attached hydrogens (primary N) is 1. The molecular formula is C14H13N5O. The minimum Gasteiger partial charge on any atom is -0.367 e. The van der Waals surface area contributed by atoms with Crippen molar-refractivity contribution >= 4 is 28.3 Å². The summed E-state index contributed by atoms with van der Waals surface area (Å²) in [5.74, 6) is -0.0197. The van der Waals surface area contributed by atoms with E-state index < -0.39 is 0 Å².